The lowest BCUT2D eigenvalue weighted by Gasteiger charge is -2.40. The molecule has 0 saturated heterocycles. The molecule has 2 rings (SSSR count). The second-order valence-corrected chi connectivity index (χ2v) is 6.04. The van der Waals surface area contributed by atoms with Crippen molar-refractivity contribution in [1.29, 1.82) is 0 Å². The highest BCUT2D eigenvalue weighted by atomic mass is 16.3. The molecule has 0 aromatic carbocycles. The van der Waals surface area contributed by atoms with Gasteiger partial charge in [0.05, 0.1) is 5.60 Å². The van der Waals surface area contributed by atoms with E-state index in [4.69, 9.17) is 0 Å². The van der Waals surface area contributed by atoms with Crippen molar-refractivity contribution in [3.63, 3.8) is 0 Å². The largest absolute Gasteiger partial charge is 0.390 e. The van der Waals surface area contributed by atoms with Gasteiger partial charge in [0.15, 0.2) is 0 Å². The molecule has 1 heteroatoms. The molecule has 0 aromatic rings. The van der Waals surface area contributed by atoms with E-state index in [-0.39, 0.29) is 5.60 Å². The molecule has 0 spiro atoms. The summed E-state index contributed by atoms with van der Waals surface area (Å²) in [5.74, 6) is 0.867. The van der Waals surface area contributed by atoms with Gasteiger partial charge in [-0.25, -0.2) is 0 Å². The first-order valence-electron chi connectivity index (χ1n) is 5.72. The molecule has 2 aliphatic rings. The van der Waals surface area contributed by atoms with Crippen LogP contribution in [0.2, 0.25) is 0 Å². The van der Waals surface area contributed by atoms with Crippen LogP contribution in [0.15, 0.2) is 0 Å². The highest BCUT2D eigenvalue weighted by Gasteiger charge is 2.40. The summed E-state index contributed by atoms with van der Waals surface area (Å²) in [7, 11) is 0. The fourth-order valence-corrected chi connectivity index (χ4v) is 2.46. The van der Waals surface area contributed by atoms with Gasteiger partial charge in [-0.1, -0.05) is 26.7 Å². The van der Waals surface area contributed by atoms with Gasteiger partial charge in [0.1, 0.15) is 0 Å². The highest BCUT2D eigenvalue weighted by molar-refractivity contribution is 4.92. The topological polar surface area (TPSA) is 20.2 Å². The smallest absolute Gasteiger partial charge is 0.0650 e. The highest BCUT2D eigenvalue weighted by Crippen LogP contribution is 2.46. The third-order valence-electron chi connectivity index (χ3n) is 3.90. The molecule has 0 aliphatic heterocycles. The molecule has 0 radical (unpaired) electrons. The fraction of sp³-hybridized carbons (Fsp3) is 1.00. The summed E-state index contributed by atoms with van der Waals surface area (Å²) in [6.07, 6.45) is 8.31. The first-order valence-corrected chi connectivity index (χ1v) is 5.72. The van der Waals surface area contributed by atoms with Crippen LogP contribution in [0.4, 0.5) is 0 Å². The van der Waals surface area contributed by atoms with E-state index in [1.807, 2.05) is 0 Å². The average molecular weight is 182 g/mol. The van der Waals surface area contributed by atoms with Gasteiger partial charge in [0.25, 0.3) is 0 Å². The molecule has 0 aromatic heterocycles. The lowest BCUT2D eigenvalue weighted by Crippen LogP contribution is -2.37. The summed E-state index contributed by atoms with van der Waals surface area (Å²) >= 11 is 0. The molecule has 0 heterocycles. The molecular weight excluding hydrogens is 160 g/mol. The first-order chi connectivity index (χ1) is 5.99. The minimum Gasteiger partial charge on any atom is -0.390 e. The molecule has 2 aliphatic carbocycles. The molecule has 0 unspecified atom stereocenters. The second-order valence-electron chi connectivity index (χ2n) is 6.04. The summed E-state index contributed by atoms with van der Waals surface area (Å²) in [5, 5.41) is 10.3. The van der Waals surface area contributed by atoms with Crippen LogP contribution in [0.5, 0.6) is 0 Å². The van der Waals surface area contributed by atoms with Crippen molar-refractivity contribution in [2.75, 3.05) is 0 Å². The van der Waals surface area contributed by atoms with Gasteiger partial charge in [-0.2, -0.15) is 0 Å². The zero-order chi connectivity index (χ0) is 9.53. The molecule has 1 nitrogen and oxygen atoms in total. The quantitative estimate of drug-likeness (QED) is 0.695. The van der Waals surface area contributed by atoms with Gasteiger partial charge in [-0.05, 0) is 43.4 Å². The van der Waals surface area contributed by atoms with E-state index >= 15 is 0 Å². The van der Waals surface area contributed by atoms with Crippen LogP contribution in [0.1, 0.15) is 58.8 Å². The van der Waals surface area contributed by atoms with Crippen LogP contribution in [-0.2, 0) is 0 Å². The standard InChI is InChI=1S/C12H22O/c1-11(2)5-7-12(13,8-6-11)9-10-3-4-10/h10,13H,3-9H2,1-2H3. The molecule has 0 bridgehead atoms. The van der Waals surface area contributed by atoms with Gasteiger partial charge < -0.3 is 5.11 Å². The maximum atomic E-state index is 10.3. The molecule has 2 saturated carbocycles. The zero-order valence-corrected chi connectivity index (χ0v) is 8.97. The Hall–Kier alpha value is -0.0400. The number of rotatable bonds is 2. The predicted octanol–water partition coefficient (Wildman–Crippen LogP) is 3.12. The third-order valence-corrected chi connectivity index (χ3v) is 3.90. The van der Waals surface area contributed by atoms with Gasteiger partial charge in [0.2, 0.25) is 0 Å². The maximum Gasteiger partial charge on any atom is 0.0650 e. The van der Waals surface area contributed by atoms with E-state index < -0.39 is 0 Å². The fourth-order valence-electron chi connectivity index (χ4n) is 2.46. The van der Waals surface area contributed by atoms with E-state index in [1.165, 1.54) is 25.7 Å². The Morgan fingerprint density at radius 3 is 2.08 bits per heavy atom. The van der Waals surface area contributed by atoms with Crippen molar-refractivity contribution in [3.05, 3.63) is 0 Å². The second kappa shape index (κ2) is 2.98. The predicted molar refractivity (Wildman–Crippen MR) is 54.5 cm³/mol. The van der Waals surface area contributed by atoms with E-state index in [9.17, 15) is 5.11 Å². The van der Waals surface area contributed by atoms with E-state index in [2.05, 4.69) is 13.8 Å². The number of hydrogen-bond acceptors (Lipinski definition) is 1. The molecule has 0 amide bonds. The Morgan fingerprint density at radius 2 is 1.62 bits per heavy atom. The van der Waals surface area contributed by atoms with Crippen molar-refractivity contribution < 1.29 is 5.11 Å². The number of aliphatic hydroxyl groups is 1. The van der Waals surface area contributed by atoms with Crippen LogP contribution >= 0.6 is 0 Å². The van der Waals surface area contributed by atoms with Gasteiger partial charge in [-0.15, -0.1) is 0 Å². The van der Waals surface area contributed by atoms with Crippen LogP contribution in [0, 0.1) is 11.3 Å². The lowest BCUT2D eigenvalue weighted by atomic mass is 9.69. The normalized spacial score (nSPS) is 31.6. The van der Waals surface area contributed by atoms with Crippen LogP contribution < -0.4 is 0 Å². The summed E-state index contributed by atoms with van der Waals surface area (Å²) in [4.78, 5) is 0. The summed E-state index contributed by atoms with van der Waals surface area (Å²) in [6.45, 7) is 4.65. The van der Waals surface area contributed by atoms with Crippen LogP contribution in [-0.4, -0.2) is 10.7 Å². The van der Waals surface area contributed by atoms with Crippen molar-refractivity contribution in [1.82, 2.24) is 0 Å². The molecule has 2 fully saturated rings. The maximum absolute atomic E-state index is 10.3. The van der Waals surface area contributed by atoms with E-state index in [1.54, 1.807) is 0 Å². The van der Waals surface area contributed by atoms with Crippen molar-refractivity contribution in [2.24, 2.45) is 11.3 Å². The molecule has 0 atom stereocenters. The van der Waals surface area contributed by atoms with Crippen LogP contribution in [0.25, 0.3) is 0 Å². The van der Waals surface area contributed by atoms with Crippen molar-refractivity contribution in [3.8, 4) is 0 Å². The Balaban J connectivity index is 1.87. The van der Waals surface area contributed by atoms with Gasteiger partial charge in [0, 0.05) is 0 Å². The van der Waals surface area contributed by atoms with E-state index in [0.717, 1.165) is 25.2 Å². The lowest BCUT2D eigenvalue weighted by molar-refractivity contribution is -0.0360. The summed E-state index contributed by atoms with van der Waals surface area (Å²) < 4.78 is 0. The first kappa shape index (κ1) is 9.51. The Labute approximate surface area is 81.5 Å². The van der Waals surface area contributed by atoms with E-state index in [0.29, 0.717) is 5.41 Å². The van der Waals surface area contributed by atoms with Crippen LogP contribution in [0.3, 0.4) is 0 Å². The molecular formula is C12H22O. The minimum atomic E-state index is -0.281. The minimum absolute atomic E-state index is 0.281. The zero-order valence-electron chi connectivity index (χ0n) is 8.97. The van der Waals surface area contributed by atoms with Crippen molar-refractivity contribution in [2.45, 2.75) is 64.4 Å². The van der Waals surface area contributed by atoms with Gasteiger partial charge in [-0.3, -0.25) is 0 Å². The van der Waals surface area contributed by atoms with Gasteiger partial charge >= 0.3 is 0 Å². The molecule has 13 heavy (non-hydrogen) atoms. The monoisotopic (exact) mass is 182 g/mol. The Kier molecular flexibility index (Phi) is 2.18. The molecule has 76 valence electrons. The summed E-state index contributed by atoms with van der Waals surface area (Å²) in [5.41, 5.74) is 0.201. The summed E-state index contributed by atoms with van der Waals surface area (Å²) in [6, 6.07) is 0. The molecule has 1 N–H and O–H groups in total. The van der Waals surface area contributed by atoms with Crippen molar-refractivity contribution >= 4 is 0 Å². The Bertz CT molecular complexity index is 181. The third kappa shape index (κ3) is 2.46. The average Bonchev–Trinajstić information content (AvgIpc) is 2.81. The number of hydrogen-bond donors (Lipinski definition) is 1. The Morgan fingerprint density at radius 1 is 1.08 bits per heavy atom. The SMILES string of the molecule is CC1(C)CCC(O)(CC2CC2)CC1.